The zero-order valence-electron chi connectivity index (χ0n) is 16.0. The van der Waals surface area contributed by atoms with Crippen LogP contribution >= 0.6 is 0 Å². The summed E-state index contributed by atoms with van der Waals surface area (Å²) in [5, 5.41) is 3.00. The van der Waals surface area contributed by atoms with Gasteiger partial charge in [-0.1, -0.05) is 31.6 Å². The number of hydrogen-bond acceptors (Lipinski definition) is 3. The van der Waals surface area contributed by atoms with E-state index in [0.29, 0.717) is 37.6 Å². The van der Waals surface area contributed by atoms with Crippen LogP contribution in [0.1, 0.15) is 38.1 Å². The molecule has 0 bridgehead atoms. The Morgan fingerprint density at radius 1 is 1.23 bits per heavy atom. The number of carbonyl (C=O) groups excluding carboxylic acids is 2. The number of ether oxygens (including phenoxy) is 1. The van der Waals surface area contributed by atoms with E-state index in [0.717, 1.165) is 0 Å². The maximum atomic E-state index is 12.7. The molecule has 1 aromatic rings. The van der Waals surface area contributed by atoms with Gasteiger partial charge in [0.1, 0.15) is 0 Å². The van der Waals surface area contributed by atoms with Gasteiger partial charge in [0, 0.05) is 24.3 Å². The van der Waals surface area contributed by atoms with Crippen LogP contribution in [0.3, 0.4) is 0 Å². The minimum atomic E-state index is -0.0315. The van der Waals surface area contributed by atoms with Gasteiger partial charge in [0.25, 0.3) is 5.91 Å². The summed E-state index contributed by atoms with van der Waals surface area (Å²) in [6, 6.07) is 7.20. The van der Waals surface area contributed by atoms with Crippen molar-refractivity contribution in [1.29, 1.82) is 0 Å². The summed E-state index contributed by atoms with van der Waals surface area (Å²) in [5.41, 5.74) is 2.48. The number of morpholine rings is 1. The molecule has 0 unspecified atom stereocenters. The Morgan fingerprint density at radius 2 is 1.92 bits per heavy atom. The predicted molar refractivity (Wildman–Crippen MR) is 102 cm³/mol. The minimum Gasteiger partial charge on any atom is -0.378 e. The zero-order chi connectivity index (χ0) is 18.9. The number of nitrogens with one attached hydrogen (secondary N) is 1. The lowest BCUT2D eigenvalue weighted by atomic mass is 10.1. The van der Waals surface area contributed by atoms with Gasteiger partial charge in [0.05, 0.1) is 19.1 Å². The molecule has 0 radical (unpaired) electrons. The molecule has 1 heterocycles. The lowest BCUT2D eigenvalue weighted by Crippen LogP contribution is -2.40. The van der Waals surface area contributed by atoms with Crippen molar-refractivity contribution in [3.63, 3.8) is 0 Å². The van der Waals surface area contributed by atoms with Crippen LogP contribution in [0.4, 0.5) is 5.69 Å². The first kappa shape index (κ1) is 18.6. The molecule has 2 amide bonds. The fraction of sp³-hybridized carbons (Fsp3) is 0.524. The fourth-order valence-corrected chi connectivity index (χ4v) is 3.75. The van der Waals surface area contributed by atoms with Crippen molar-refractivity contribution in [2.24, 2.45) is 17.3 Å². The maximum Gasteiger partial charge on any atom is 0.254 e. The van der Waals surface area contributed by atoms with E-state index in [1.807, 2.05) is 12.1 Å². The number of rotatable bonds is 4. The second-order valence-electron chi connectivity index (χ2n) is 8.04. The average Bonchev–Trinajstić information content (AvgIpc) is 3.14. The molecule has 0 spiro atoms. The quantitative estimate of drug-likeness (QED) is 0.842. The monoisotopic (exact) mass is 356 g/mol. The van der Waals surface area contributed by atoms with E-state index in [2.05, 4.69) is 39.1 Å². The van der Waals surface area contributed by atoms with Crippen molar-refractivity contribution in [2.45, 2.75) is 27.7 Å². The second kappa shape index (κ2) is 7.23. The molecular formula is C21H28N2O3. The summed E-state index contributed by atoms with van der Waals surface area (Å²) in [6.45, 7) is 10.7. The molecule has 2 fully saturated rings. The Kier molecular flexibility index (Phi) is 5.19. The topological polar surface area (TPSA) is 58.6 Å². The Balaban J connectivity index is 1.68. The summed E-state index contributed by atoms with van der Waals surface area (Å²) in [6.07, 6.45) is 2.18. The van der Waals surface area contributed by atoms with Gasteiger partial charge < -0.3 is 15.0 Å². The van der Waals surface area contributed by atoms with E-state index in [9.17, 15) is 9.59 Å². The Morgan fingerprint density at radius 3 is 2.58 bits per heavy atom. The molecule has 2 aliphatic rings. The maximum absolute atomic E-state index is 12.7. The number of benzene rings is 1. The van der Waals surface area contributed by atoms with Gasteiger partial charge in [-0.2, -0.15) is 0 Å². The first-order valence-electron chi connectivity index (χ1n) is 9.23. The number of carbonyl (C=O) groups is 2. The highest BCUT2D eigenvalue weighted by Gasteiger charge is 2.60. The molecule has 5 heteroatoms. The van der Waals surface area contributed by atoms with Gasteiger partial charge in [0.2, 0.25) is 5.91 Å². The molecule has 1 aliphatic carbocycles. The zero-order valence-corrected chi connectivity index (χ0v) is 16.0. The van der Waals surface area contributed by atoms with Crippen molar-refractivity contribution in [2.75, 3.05) is 31.6 Å². The van der Waals surface area contributed by atoms with Crippen LogP contribution in [0.25, 0.3) is 0 Å². The summed E-state index contributed by atoms with van der Waals surface area (Å²) in [7, 11) is 0. The van der Waals surface area contributed by atoms with Gasteiger partial charge >= 0.3 is 0 Å². The molecule has 3 rings (SSSR count). The molecular weight excluding hydrogens is 328 g/mol. The average molecular weight is 356 g/mol. The van der Waals surface area contributed by atoms with Crippen LogP contribution in [0.5, 0.6) is 0 Å². The predicted octanol–water partition coefficient (Wildman–Crippen LogP) is 3.34. The van der Waals surface area contributed by atoms with E-state index >= 15 is 0 Å². The Bertz CT molecular complexity index is 729. The first-order valence-corrected chi connectivity index (χ1v) is 9.23. The molecule has 1 N–H and O–H groups in total. The largest absolute Gasteiger partial charge is 0.378 e. The number of anilines is 1. The summed E-state index contributed by atoms with van der Waals surface area (Å²) in [5.74, 6) is 0.244. The minimum absolute atomic E-state index is 0.0152. The molecule has 140 valence electrons. The smallest absolute Gasteiger partial charge is 0.254 e. The van der Waals surface area contributed by atoms with Crippen molar-refractivity contribution < 1.29 is 14.3 Å². The normalized spacial score (nSPS) is 23.9. The third kappa shape index (κ3) is 3.83. The number of allylic oxidation sites excluding steroid dienone is 2. The van der Waals surface area contributed by atoms with Crippen LogP contribution in [-0.4, -0.2) is 43.0 Å². The number of nitrogens with zero attached hydrogens (tertiary/aromatic N) is 1. The van der Waals surface area contributed by atoms with Crippen molar-refractivity contribution >= 4 is 17.5 Å². The van der Waals surface area contributed by atoms with E-state index in [1.54, 1.807) is 17.0 Å². The molecule has 1 saturated heterocycles. The van der Waals surface area contributed by atoms with Gasteiger partial charge in [-0.3, -0.25) is 9.59 Å². The lowest BCUT2D eigenvalue weighted by Gasteiger charge is -2.27. The number of hydrogen-bond donors (Lipinski definition) is 1. The molecule has 0 aromatic heterocycles. The van der Waals surface area contributed by atoms with Crippen LogP contribution in [-0.2, 0) is 9.53 Å². The van der Waals surface area contributed by atoms with Gasteiger partial charge in [-0.25, -0.2) is 0 Å². The molecule has 26 heavy (non-hydrogen) atoms. The summed E-state index contributed by atoms with van der Waals surface area (Å²) >= 11 is 0. The Hall–Kier alpha value is -2.14. The Labute approximate surface area is 155 Å². The van der Waals surface area contributed by atoms with E-state index < -0.39 is 0 Å². The molecule has 1 saturated carbocycles. The van der Waals surface area contributed by atoms with E-state index in [1.165, 1.54) is 5.57 Å². The fourth-order valence-electron chi connectivity index (χ4n) is 3.75. The van der Waals surface area contributed by atoms with E-state index in [-0.39, 0.29) is 29.1 Å². The SMILES string of the molecule is CC(C)=C[C@@H]1[C@H](C(=O)Nc2cccc(C(=O)N3CCOCC3)c2)C1(C)C. The van der Waals surface area contributed by atoms with Crippen molar-refractivity contribution in [3.8, 4) is 0 Å². The van der Waals surface area contributed by atoms with Gasteiger partial charge in [-0.05, 0) is 43.4 Å². The van der Waals surface area contributed by atoms with Gasteiger partial charge in [0.15, 0.2) is 0 Å². The molecule has 2 atom stereocenters. The highest BCUT2D eigenvalue weighted by molar-refractivity contribution is 5.99. The van der Waals surface area contributed by atoms with Crippen molar-refractivity contribution in [1.82, 2.24) is 4.90 Å². The standard InChI is InChI=1S/C21H28N2O3/c1-14(2)12-17-18(21(17,3)4)19(24)22-16-7-5-6-15(13-16)20(25)23-8-10-26-11-9-23/h5-7,12-13,17-18H,8-11H2,1-4H3,(H,22,24)/t17-,18-/m1/s1. The molecule has 1 aliphatic heterocycles. The van der Waals surface area contributed by atoms with Crippen LogP contribution in [0.2, 0.25) is 0 Å². The van der Waals surface area contributed by atoms with Crippen LogP contribution < -0.4 is 5.32 Å². The third-order valence-electron chi connectivity index (χ3n) is 5.38. The molecule has 1 aromatic carbocycles. The van der Waals surface area contributed by atoms with Gasteiger partial charge in [-0.15, -0.1) is 0 Å². The van der Waals surface area contributed by atoms with Crippen LogP contribution in [0, 0.1) is 17.3 Å². The van der Waals surface area contributed by atoms with Crippen LogP contribution in [0.15, 0.2) is 35.9 Å². The van der Waals surface area contributed by atoms with Crippen molar-refractivity contribution in [3.05, 3.63) is 41.5 Å². The first-order chi connectivity index (χ1) is 12.3. The molecule has 5 nitrogen and oxygen atoms in total. The summed E-state index contributed by atoms with van der Waals surface area (Å²) < 4.78 is 5.30. The highest BCUT2D eigenvalue weighted by Crippen LogP contribution is 2.59. The highest BCUT2D eigenvalue weighted by atomic mass is 16.5. The van der Waals surface area contributed by atoms with E-state index in [4.69, 9.17) is 4.74 Å². The summed E-state index contributed by atoms with van der Waals surface area (Å²) in [4.78, 5) is 27.1. The number of amides is 2. The lowest BCUT2D eigenvalue weighted by molar-refractivity contribution is -0.118. The third-order valence-corrected chi connectivity index (χ3v) is 5.38. The second-order valence-corrected chi connectivity index (χ2v) is 8.04.